The fraction of sp³-hybridized carbons (Fsp3) is 0.500. The molecule has 0 saturated carbocycles. The number of nitrogens with one attached hydrogen (secondary N) is 1. The highest BCUT2D eigenvalue weighted by Gasteiger charge is 2.40. The number of imide groups is 1. The van der Waals surface area contributed by atoms with Gasteiger partial charge in [-0.1, -0.05) is 37.5 Å². The van der Waals surface area contributed by atoms with Crippen LogP contribution in [0.5, 0.6) is 11.5 Å². The lowest BCUT2D eigenvalue weighted by Crippen LogP contribution is -2.53. The molecule has 3 N–H and O–H groups in total. The normalized spacial score (nSPS) is 22.2. The third-order valence-corrected chi connectivity index (χ3v) is 16.2. The minimum Gasteiger partial charge on any atom is -0.457 e. The third kappa shape index (κ3) is 9.54. The molecule has 16 heteroatoms. The zero-order valence-electron chi connectivity index (χ0n) is 40.1. The van der Waals surface area contributed by atoms with Crippen LogP contribution in [0.1, 0.15) is 105 Å². The van der Waals surface area contributed by atoms with Gasteiger partial charge in [0, 0.05) is 81.6 Å². The van der Waals surface area contributed by atoms with Gasteiger partial charge in [-0.05, 0) is 136 Å². The molecule has 6 aliphatic heterocycles. The fourth-order valence-corrected chi connectivity index (χ4v) is 12.2. The Hall–Kier alpha value is -6.55. The van der Waals surface area contributed by atoms with Crippen LogP contribution in [0.2, 0.25) is 0 Å². The molecule has 0 aliphatic carbocycles. The Bertz CT molecular complexity index is 2710. The van der Waals surface area contributed by atoms with Crippen LogP contribution in [0.25, 0.3) is 22.3 Å². The van der Waals surface area contributed by atoms with E-state index in [2.05, 4.69) is 40.6 Å². The molecule has 11 rings (SSSR count). The minimum atomic E-state index is -0.591. The molecule has 0 spiro atoms. The minimum absolute atomic E-state index is 0.124. The molecule has 70 heavy (non-hydrogen) atoms. The SMILES string of the molecule is Nc1ncnc2c1c(-c1ccc(Oc3ccccc3)cc1)nn2[C@@H]1CCCN(C2CCN(C(=O)N3CCC(CCCC4CCN(c5ccc6c(c5)CN(C5CCC(=O)NC5=O)C6=O)CC4)CC3)CC2)C1. The molecule has 6 aliphatic rings. The van der Waals surface area contributed by atoms with E-state index in [1.54, 1.807) is 4.90 Å². The summed E-state index contributed by atoms with van der Waals surface area (Å²) in [5.74, 6) is 2.59. The molecule has 3 aromatic carbocycles. The number of hydrogen-bond acceptors (Lipinski definition) is 11. The van der Waals surface area contributed by atoms with E-state index < -0.39 is 6.04 Å². The van der Waals surface area contributed by atoms with Crippen molar-refractivity contribution in [3.8, 4) is 22.8 Å². The molecule has 0 bridgehead atoms. The smallest absolute Gasteiger partial charge is 0.319 e. The number of likely N-dealkylation sites (tertiary alicyclic amines) is 3. The maximum atomic E-state index is 13.8. The van der Waals surface area contributed by atoms with Gasteiger partial charge >= 0.3 is 6.03 Å². The number of aromatic nitrogens is 4. The van der Waals surface area contributed by atoms with Crippen LogP contribution in [0, 0.1) is 11.8 Å². The Kier molecular flexibility index (Phi) is 13.1. The molecule has 366 valence electrons. The second-order valence-electron chi connectivity index (χ2n) is 20.5. The summed E-state index contributed by atoms with van der Waals surface area (Å²) in [6.45, 7) is 7.63. The van der Waals surface area contributed by atoms with Crippen molar-refractivity contribution < 1.29 is 23.9 Å². The van der Waals surface area contributed by atoms with Gasteiger partial charge in [0.05, 0.1) is 11.4 Å². The van der Waals surface area contributed by atoms with E-state index in [1.807, 2.05) is 66.7 Å². The Labute approximate surface area is 409 Å². The van der Waals surface area contributed by atoms with Gasteiger partial charge in [0.15, 0.2) is 5.65 Å². The molecule has 5 saturated heterocycles. The van der Waals surface area contributed by atoms with Crippen LogP contribution >= 0.6 is 0 Å². The summed E-state index contributed by atoms with van der Waals surface area (Å²) in [5.41, 5.74) is 11.8. The lowest BCUT2D eigenvalue weighted by Gasteiger charge is -2.43. The van der Waals surface area contributed by atoms with Crippen LogP contribution < -0.4 is 20.7 Å². The van der Waals surface area contributed by atoms with Gasteiger partial charge in [-0.15, -0.1) is 0 Å². The van der Waals surface area contributed by atoms with Gasteiger partial charge in [0.25, 0.3) is 5.91 Å². The average molecular weight is 948 g/mol. The maximum absolute atomic E-state index is 13.8. The molecule has 0 radical (unpaired) electrons. The van der Waals surface area contributed by atoms with Gasteiger partial charge in [0.2, 0.25) is 11.8 Å². The van der Waals surface area contributed by atoms with Crippen LogP contribution in [0.4, 0.5) is 16.3 Å². The zero-order valence-corrected chi connectivity index (χ0v) is 40.1. The molecule has 2 aromatic heterocycles. The Morgan fingerprint density at radius 1 is 0.743 bits per heavy atom. The number of para-hydroxylation sites is 1. The predicted molar refractivity (Wildman–Crippen MR) is 267 cm³/mol. The monoisotopic (exact) mass is 948 g/mol. The first-order valence-corrected chi connectivity index (χ1v) is 25.8. The number of benzene rings is 3. The molecule has 8 heterocycles. The highest BCUT2D eigenvalue weighted by Crippen LogP contribution is 2.37. The number of fused-ring (bicyclic) bond motifs is 2. The van der Waals surface area contributed by atoms with Crippen molar-refractivity contribution in [2.24, 2.45) is 11.8 Å². The van der Waals surface area contributed by atoms with Gasteiger partial charge < -0.3 is 30.1 Å². The fourth-order valence-electron chi connectivity index (χ4n) is 12.2. The lowest BCUT2D eigenvalue weighted by atomic mass is 9.86. The molecule has 16 nitrogen and oxygen atoms in total. The van der Waals surface area contributed by atoms with Crippen molar-refractivity contribution in [2.45, 2.75) is 108 Å². The van der Waals surface area contributed by atoms with E-state index in [0.717, 1.165) is 155 Å². The number of nitrogens with zero attached hydrogens (tertiary/aromatic N) is 9. The summed E-state index contributed by atoms with van der Waals surface area (Å²) in [4.78, 5) is 71.1. The third-order valence-electron chi connectivity index (χ3n) is 16.2. The quantitative estimate of drug-likeness (QED) is 0.125. The highest BCUT2D eigenvalue weighted by atomic mass is 16.5. The first-order chi connectivity index (χ1) is 34.2. The maximum Gasteiger partial charge on any atom is 0.319 e. The van der Waals surface area contributed by atoms with Crippen LogP contribution in [0.3, 0.4) is 0 Å². The van der Waals surface area contributed by atoms with Gasteiger partial charge in [-0.3, -0.25) is 24.6 Å². The Morgan fingerprint density at radius 2 is 1.44 bits per heavy atom. The van der Waals surface area contributed by atoms with Crippen molar-refractivity contribution in [3.05, 3.63) is 90.3 Å². The molecule has 5 amide bonds. The number of rotatable bonds is 11. The number of nitrogen functional groups attached to an aromatic ring is 1. The summed E-state index contributed by atoms with van der Waals surface area (Å²) in [6, 6.07) is 24.0. The van der Waals surface area contributed by atoms with E-state index in [4.69, 9.17) is 20.6 Å². The van der Waals surface area contributed by atoms with Crippen molar-refractivity contribution in [1.29, 1.82) is 0 Å². The molecular weight excluding hydrogens is 883 g/mol. The van der Waals surface area contributed by atoms with Crippen LogP contribution in [0.15, 0.2) is 79.1 Å². The van der Waals surface area contributed by atoms with E-state index in [0.29, 0.717) is 36.3 Å². The Morgan fingerprint density at radius 3 is 2.17 bits per heavy atom. The largest absolute Gasteiger partial charge is 0.457 e. The van der Waals surface area contributed by atoms with E-state index in [9.17, 15) is 19.2 Å². The molecule has 5 aromatic rings. The van der Waals surface area contributed by atoms with Crippen molar-refractivity contribution in [3.63, 3.8) is 0 Å². The topological polar surface area (TPSA) is 175 Å². The first kappa shape index (κ1) is 45.9. The molecule has 1 unspecified atom stereocenters. The van der Waals surface area contributed by atoms with E-state index in [1.165, 1.54) is 25.6 Å². The van der Waals surface area contributed by atoms with Crippen LogP contribution in [-0.2, 0) is 16.1 Å². The summed E-state index contributed by atoms with van der Waals surface area (Å²) in [6.07, 6.45) is 14.4. The highest BCUT2D eigenvalue weighted by molar-refractivity contribution is 6.05. The standard InChI is InChI=1S/C54H65N11O5/c55-50-48-49(38-11-14-44(15-12-38)70-43-9-2-1-3-10-43)59-65(51(48)57-35-56-50)42-8-5-25-63(34-42)40-23-30-62(31-24-40)54(69)61-28-21-37(22-29-61)7-4-6-36-19-26-60(27-20-36)41-13-16-45-39(32-41)33-64(53(45)68)46-17-18-47(66)58-52(46)67/h1-3,9-16,32,35-37,40,42,46H,4-8,17-31,33-34H2,(H2,55,56,57)(H,58,66,67)/t42-,46?/m1/s1. The lowest BCUT2D eigenvalue weighted by molar-refractivity contribution is -0.136. The molecule has 5 fully saturated rings. The number of hydrogen-bond donors (Lipinski definition) is 2. The summed E-state index contributed by atoms with van der Waals surface area (Å²) >= 11 is 0. The summed E-state index contributed by atoms with van der Waals surface area (Å²) < 4.78 is 8.13. The number of carbonyl (C=O) groups excluding carboxylic acids is 4. The number of nitrogens with two attached hydrogens (primary N) is 1. The average Bonchev–Trinajstić information content (AvgIpc) is 3.95. The molecule has 2 atom stereocenters. The van der Waals surface area contributed by atoms with E-state index in [-0.39, 0.29) is 36.2 Å². The molecular formula is C54H65N11O5. The Balaban J connectivity index is 0.608. The van der Waals surface area contributed by atoms with E-state index >= 15 is 0 Å². The van der Waals surface area contributed by atoms with Crippen molar-refractivity contribution >= 4 is 46.3 Å². The van der Waals surface area contributed by atoms with Gasteiger partial charge in [-0.25, -0.2) is 19.4 Å². The summed E-state index contributed by atoms with van der Waals surface area (Å²) in [7, 11) is 0. The first-order valence-electron chi connectivity index (χ1n) is 25.8. The second kappa shape index (κ2) is 20.1. The van der Waals surface area contributed by atoms with Gasteiger partial charge in [0.1, 0.15) is 35.4 Å². The van der Waals surface area contributed by atoms with Crippen LogP contribution in [-0.4, -0.2) is 128 Å². The summed E-state index contributed by atoms with van der Waals surface area (Å²) in [5, 5.41) is 8.36. The zero-order chi connectivity index (χ0) is 47.7. The predicted octanol–water partition coefficient (Wildman–Crippen LogP) is 7.65. The number of piperidine rings is 5. The number of amides is 5. The van der Waals surface area contributed by atoms with Gasteiger partial charge in [-0.2, -0.15) is 5.10 Å². The number of urea groups is 1. The van der Waals surface area contributed by atoms with Crippen molar-refractivity contribution in [2.75, 3.05) is 63.0 Å². The number of carbonyl (C=O) groups is 4. The number of anilines is 2. The van der Waals surface area contributed by atoms with Crippen molar-refractivity contribution in [1.82, 2.24) is 44.7 Å². The number of ether oxygens (including phenoxy) is 1. The second-order valence-corrected chi connectivity index (χ2v) is 20.5.